The maximum Gasteiger partial charge on any atom is 2.00 e. The van der Waals surface area contributed by atoms with Crippen LogP contribution in [0.5, 0.6) is 0 Å². The van der Waals surface area contributed by atoms with E-state index >= 15 is 0 Å². The van der Waals surface area contributed by atoms with E-state index in [4.69, 9.17) is 10.2 Å². The number of aliphatic hydroxyl groups excluding tert-OH is 2. The molecule has 0 unspecified atom stereocenters. The largest absolute Gasteiger partial charge is 2.00 e. The number of carbonyl (C=O) groups excluding carboxylic acids is 2. The first kappa shape index (κ1) is 35.6. The van der Waals surface area contributed by atoms with Crippen molar-refractivity contribution in [3.05, 3.63) is 0 Å². The van der Waals surface area contributed by atoms with Crippen molar-refractivity contribution in [1.29, 1.82) is 0 Å². The van der Waals surface area contributed by atoms with Crippen molar-refractivity contribution in [2.45, 2.75) is 93.3 Å². The zero-order valence-electron chi connectivity index (χ0n) is 17.2. The van der Waals surface area contributed by atoms with Gasteiger partial charge in [0.2, 0.25) is 0 Å². The molecule has 0 aromatic carbocycles. The minimum Gasteiger partial charge on any atom is -0.550 e. The quantitative estimate of drug-likeness (QED) is 0.647. The van der Waals surface area contributed by atoms with Gasteiger partial charge < -0.3 is 30.0 Å². The Balaban J connectivity index is -0.0000000739. The van der Waals surface area contributed by atoms with E-state index in [0.29, 0.717) is 25.7 Å². The molecule has 7 heteroatoms. The molecule has 0 heterocycles. The maximum atomic E-state index is 10.1. The van der Waals surface area contributed by atoms with Gasteiger partial charge >= 0.3 is 21.7 Å². The molecule has 0 atom stereocenters. The average Bonchev–Trinajstić information content (AvgIpc) is 2.40. The molecule has 0 spiro atoms. The Morgan fingerprint density at radius 2 is 0.800 bits per heavy atom. The summed E-state index contributed by atoms with van der Waals surface area (Å²) in [5.41, 5.74) is 0. The molecule has 0 aromatic rings. The summed E-state index contributed by atoms with van der Waals surface area (Å²) in [6.45, 7) is 14.3. The van der Waals surface area contributed by atoms with E-state index in [0.717, 1.165) is 0 Å². The molecule has 25 heavy (non-hydrogen) atoms. The van der Waals surface area contributed by atoms with Crippen LogP contribution in [0.1, 0.15) is 81.1 Å². The summed E-state index contributed by atoms with van der Waals surface area (Å²) in [7, 11) is 0. The van der Waals surface area contributed by atoms with E-state index in [9.17, 15) is 19.8 Å². The zero-order valence-corrected chi connectivity index (χ0v) is 18.7. The number of aliphatic hydroxyl groups is 2. The van der Waals surface area contributed by atoms with Gasteiger partial charge in [0.05, 0.1) is 0 Å². The first-order valence-corrected chi connectivity index (χ1v) is 8.68. The Kier molecular flexibility index (Phi) is 36.8. The molecule has 0 fully saturated rings. The van der Waals surface area contributed by atoms with E-state index in [2.05, 4.69) is 0 Å². The SMILES string of the molecule is CC(C)O.CC(C)O.CCC(CC)C(=O)[O-].CCC(CC)C(=O)[O-].[Ti+2]. The van der Waals surface area contributed by atoms with Crippen molar-refractivity contribution < 1.29 is 51.7 Å². The summed E-state index contributed by atoms with van der Waals surface area (Å²) >= 11 is 0. The number of hydrogen-bond donors (Lipinski definition) is 2. The monoisotopic (exact) mass is 398 g/mol. The van der Waals surface area contributed by atoms with Gasteiger partial charge in [0.15, 0.2) is 0 Å². The van der Waals surface area contributed by atoms with Crippen molar-refractivity contribution in [2.75, 3.05) is 0 Å². The van der Waals surface area contributed by atoms with Crippen LogP contribution in [0.2, 0.25) is 0 Å². The Morgan fingerprint density at radius 1 is 0.680 bits per heavy atom. The fourth-order valence-corrected chi connectivity index (χ4v) is 1.24. The topological polar surface area (TPSA) is 121 Å². The maximum absolute atomic E-state index is 10.1. The number of rotatable bonds is 6. The minimum atomic E-state index is -0.921. The number of aliphatic carboxylic acids is 2. The predicted octanol–water partition coefficient (Wildman–Crippen LogP) is 1.12. The summed E-state index contributed by atoms with van der Waals surface area (Å²) in [5, 5.41) is 36.2. The second kappa shape index (κ2) is 25.8. The van der Waals surface area contributed by atoms with Gasteiger partial charge in [-0.25, -0.2) is 0 Å². The molecule has 0 radical (unpaired) electrons. The standard InChI is InChI=1S/2C6H12O2.2C3H8O.Ti/c2*1-3-5(4-2)6(7)8;2*1-3(2)4;/h2*5H,3-4H2,1-2H3,(H,7,8);2*3-4H,1-2H3;/q;;;;+2/p-2. The van der Waals surface area contributed by atoms with E-state index in [1.54, 1.807) is 27.7 Å². The fraction of sp³-hybridized carbons (Fsp3) is 0.889. The Hall–Kier alpha value is -0.426. The van der Waals surface area contributed by atoms with E-state index < -0.39 is 11.9 Å². The first-order chi connectivity index (χ1) is 10.9. The number of carboxylic acids is 2. The van der Waals surface area contributed by atoms with Crippen molar-refractivity contribution in [3.8, 4) is 0 Å². The molecule has 2 N–H and O–H groups in total. The zero-order chi connectivity index (χ0) is 20.3. The van der Waals surface area contributed by atoms with Gasteiger partial charge in [0.25, 0.3) is 0 Å². The molecule has 0 aliphatic carbocycles. The van der Waals surface area contributed by atoms with Crippen LogP contribution in [0, 0.1) is 11.8 Å². The van der Waals surface area contributed by atoms with Gasteiger partial charge in [-0.15, -0.1) is 0 Å². The number of carboxylic acid groups (broad SMARTS) is 2. The Labute approximate surface area is 168 Å². The van der Waals surface area contributed by atoms with E-state index in [1.165, 1.54) is 0 Å². The molecule has 0 saturated heterocycles. The van der Waals surface area contributed by atoms with Crippen molar-refractivity contribution in [3.63, 3.8) is 0 Å². The number of hydrogen-bond acceptors (Lipinski definition) is 6. The minimum absolute atomic E-state index is 0. The van der Waals surface area contributed by atoms with Crippen LogP contribution in [-0.2, 0) is 31.3 Å². The second-order valence-corrected chi connectivity index (χ2v) is 5.85. The Morgan fingerprint density at radius 3 is 0.800 bits per heavy atom. The third kappa shape index (κ3) is 45.2. The van der Waals surface area contributed by atoms with Crippen LogP contribution in [0.15, 0.2) is 0 Å². The molecular weight excluding hydrogens is 360 g/mol. The third-order valence-electron chi connectivity index (χ3n) is 2.64. The summed E-state index contributed by atoms with van der Waals surface area (Å²) in [6, 6.07) is 0. The molecule has 0 rings (SSSR count). The molecular formula is C18H38O6Ti. The summed E-state index contributed by atoms with van der Waals surface area (Å²) in [4.78, 5) is 20.1. The van der Waals surface area contributed by atoms with Gasteiger partial charge in [0.1, 0.15) is 0 Å². The van der Waals surface area contributed by atoms with Crippen LogP contribution in [0.25, 0.3) is 0 Å². The first-order valence-electron chi connectivity index (χ1n) is 8.68. The Bertz CT molecular complexity index is 241. The molecule has 0 saturated carbocycles. The summed E-state index contributed by atoms with van der Waals surface area (Å²) in [6.07, 6.45) is 2.38. The van der Waals surface area contributed by atoms with Crippen LogP contribution in [-0.4, -0.2) is 34.4 Å². The molecule has 0 aliphatic rings. The van der Waals surface area contributed by atoms with Crippen LogP contribution < -0.4 is 10.2 Å². The number of carbonyl (C=O) groups is 2. The predicted molar refractivity (Wildman–Crippen MR) is 92.9 cm³/mol. The molecule has 0 amide bonds. The summed E-state index contributed by atoms with van der Waals surface area (Å²) in [5.74, 6) is -2.32. The van der Waals surface area contributed by atoms with Gasteiger partial charge in [0, 0.05) is 24.1 Å². The fourth-order valence-electron chi connectivity index (χ4n) is 1.24. The third-order valence-corrected chi connectivity index (χ3v) is 2.64. The molecule has 6 nitrogen and oxygen atoms in total. The van der Waals surface area contributed by atoms with Crippen LogP contribution in [0.3, 0.4) is 0 Å². The summed E-state index contributed by atoms with van der Waals surface area (Å²) < 4.78 is 0. The van der Waals surface area contributed by atoms with Crippen molar-refractivity contribution in [2.24, 2.45) is 11.8 Å². The van der Waals surface area contributed by atoms with Gasteiger partial charge in [-0.3, -0.25) is 0 Å². The molecule has 150 valence electrons. The van der Waals surface area contributed by atoms with E-state index in [-0.39, 0.29) is 45.8 Å². The van der Waals surface area contributed by atoms with Crippen molar-refractivity contribution >= 4 is 11.9 Å². The normalized spacial score (nSPS) is 9.20. The average molecular weight is 398 g/mol. The smallest absolute Gasteiger partial charge is 0.550 e. The van der Waals surface area contributed by atoms with Crippen molar-refractivity contribution in [1.82, 2.24) is 0 Å². The molecule has 0 aromatic heterocycles. The van der Waals surface area contributed by atoms with E-state index in [1.807, 2.05) is 27.7 Å². The van der Waals surface area contributed by atoms with Crippen LogP contribution in [0.4, 0.5) is 0 Å². The van der Waals surface area contributed by atoms with Crippen LogP contribution >= 0.6 is 0 Å². The van der Waals surface area contributed by atoms with Gasteiger partial charge in [-0.05, 0) is 65.2 Å². The van der Waals surface area contributed by atoms with Gasteiger partial charge in [-0.2, -0.15) is 0 Å². The second-order valence-electron chi connectivity index (χ2n) is 5.85. The molecule has 0 aliphatic heterocycles. The molecule has 0 bridgehead atoms. The van der Waals surface area contributed by atoms with Gasteiger partial charge in [-0.1, -0.05) is 27.7 Å².